The highest BCUT2D eigenvalue weighted by Gasteiger charge is 2.14. The number of para-hydroxylation sites is 2. The fourth-order valence-corrected chi connectivity index (χ4v) is 2.38. The molecule has 0 unspecified atom stereocenters. The Morgan fingerprint density at radius 3 is 2.74 bits per heavy atom. The van der Waals surface area contributed by atoms with E-state index in [0.29, 0.717) is 22.6 Å². The molecule has 0 spiro atoms. The van der Waals surface area contributed by atoms with Gasteiger partial charge in [-0.25, -0.2) is 10.2 Å². The Labute approximate surface area is 154 Å². The molecule has 1 heterocycles. The number of rotatable bonds is 7. The van der Waals surface area contributed by atoms with Crippen molar-refractivity contribution in [2.24, 2.45) is 5.10 Å². The number of nitrogens with zero attached hydrogens (tertiary/aromatic N) is 1. The van der Waals surface area contributed by atoms with Gasteiger partial charge in [0.15, 0.2) is 23.7 Å². The molecular formula is C19H16N2O6. The van der Waals surface area contributed by atoms with E-state index in [-0.39, 0.29) is 5.76 Å². The zero-order valence-corrected chi connectivity index (χ0v) is 14.3. The van der Waals surface area contributed by atoms with Crippen LogP contribution < -0.4 is 14.9 Å². The minimum absolute atomic E-state index is 0.0852. The molecule has 138 valence electrons. The van der Waals surface area contributed by atoms with E-state index in [1.54, 1.807) is 48.5 Å². The maximum atomic E-state index is 12.2. The fourth-order valence-electron chi connectivity index (χ4n) is 2.38. The van der Waals surface area contributed by atoms with Gasteiger partial charge in [0, 0.05) is 10.9 Å². The van der Waals surface area contributed by atoms with Crippen LogP contribution in [0.25, 0.3) is 11.0 Å². The summed E-state index contributed by atoms with van der Waals surface area (Å²) in [4.78, 5) is 22.9. The number of fused-ring (bicyclic) bond motifs is 1. The topological polar surface area (TPSA) is 110 Å². The van der Waals surface area contributed by atoms with Crippen molar-refractivity contribution in [1.82, 2.24) is 5.43 Å². The number of aliphatic carboxylic acids is 1. The quantitative estimate of drug-likeness (QED) is 0.490. The number of benzene rings is 2. The molecule has 0 saturated carbocycles. The highest BCUT2D eigenvalue weighted by molar-refractivity contribution is 5.97. The third-order valence-electron chi connectivity index (χ3n) is 3.59. The number of hydrogen-bond donors (Lipinski definition) is 2. The molecular weight excluding hydrogens is 352 g/mol. The Morgan fingerprint density at radius 2 is 1.96 bits per heavy atom. The number of nitrogens with one attached hydrogen (secondary N) is 1. The normalized spacial score (nSPS) is 10.9. The van der Waals surface area contributed by atoms with Crippen LogP contribution in [0.5, 0.6) is 11.5 Å². The summed E-state index contributed by atoms with van der Waals surface area (Å²) in [6.45, 7) is -0.474. The fraction of sp³-hybridized carbons (Fsp3) is 0.105. The van der Waals surface area contributed by atoms with Gasteiger partial charge in [0.05, 0.1) is 13.3 Å². The lowest BCUT2D eigenvalue weighted by Gasteiger charge is -2.06. The number of ether oxygens (including phenoxy) is 2. The molecule has 0 fully saturated rings. The average Bonchev–Trinajstić information content (AvgIpc) is 3.11. The van der Waals surface area contributed by atoms with Crippen molar-refractivity contribution in [1.29, 1.82) is 0 Å². The van der Waals surface area contributed by atoms with E-state index in [4.69, 9.17) is 19.0 Å². The van der Waals surface area contributed by atoms with Crippen LogP contribution in [-0.2, 0) is 4.79 Å². The van der Waals surface area contributed by atoms with E-state index in [1.807, 2.05) is 0 Å². The number of carbonyl (C=O) groups excluding carboxylic acids is 1. The van der Waals surface area contributed by atoms with Crippen molar-refractivity contribution in [2.75, 3.05) is 13.7 Å². The van der Waals surface area contributed by atoms with Gasteiger partial charge in [0.2, 0.25) is 0 Å². The number of hydrogen-bond acceptors (Lipinski definition) is 6. The van der Waals surface area contributed by atoms with Crippen LogP contribution >= 0.6 is 0 Å². The average molecular weight is 368 g/mol. The number of carboxylic acid groups (broad SMARTS) is 1. The largest absolute Gasteiger partial charge is 0.493 e. The Hall–Kier alpha value is -3.81. The van der Waals surface area contributed by atoms with Crippen molar-refractivity contribution in [3.05, 3.63) is 59.9 Å². The van der Waals surface area contributed by atoms with Gasteiger partial charge >= 0.3 is 11.9 Å². The van der Waals surface area contributed by atoms with Gasteiger partial charge in [-0.05, 0) is 24.3 Å². The molecule has 0 aliphatic carbocycles. The first-order valence-electron chi connectivity index (χ1n) is 7.92. The SMILES string of the molecule is COc1cccc2cc(C(=O)NN=Cc3ccccc3OCC(=O)O)oc12. The van der Waals surface area contributed by atoms with Crippen LogP contribution in [0, 0.1) is 0 Å². The van der Waals surface area contributed by atoms with Crippen LogP contribution in [0.1, 0.15) is 16.1 Å². The predicted molar refractivity (Wildman–Crippen MR) is 97.4 cm³/mol. The lowest BCUT2D eigenvalue weighted by atomic mass is 10.2. The number of hydrazone groups is 1. The molecule has 0 aliphatic rings. The molecule has 1 aromatic heterocycles. The molecule has 8 nitrogen and oxygen atoms in total. The summed E-state index contributed by atoms with van der Waals surface area (Å²) in [6.07, 6.45) is 1.36. The molecule has 3 aromatic rings. The summed E-state index contributed by atoms with van der Waals surface area (Å²) in [6, 6.07) is 13.7. The number of amides is 1. The van der Waals surface area contributed by atoms with Crippen molar-refractivity contribution in [3.8, 4) is 11.5 Å². The van der Waals surface area contributed by atoms with Crippen LogP contribution in [0.2, 0.25) is 0 Å². The zero-order chi connectivity index (χ0) is 19.2. The summed E-state index contributed by atoms with van der Waals surface area (Å²) < 4.78 is 15.9. The molecule has 2 aromatic carbocycles. The molecule has 27 heavy (non-hydrogen) atoms. The van der Waals surface area contributed by atoms with Gasteiger partial charge in [-0.3, -0.25) is 4.79 Å². The second-order valence-electron chi connectivity index (χ2n) is 5.41. The van der Waals surface area contributed by atoms with Crippen LogP contribution in [0.15, 0.2) is 58.0 Å². The standard InChI is InChI=1S/C19H16N2O6/c1-25-15-8-4-6-12-9-16(27-18(12)15)19(24)21-20-10-13-5-2-3-7-14(13)26-11-17(22)23/h2-10H,11H2,1H3,(H,21,24)(H,22,23). The number of carboxylic acids is 1. The van der Waals surface area contributed by atoms with E-state index in [1.165, 1.54) is 13.3 Å². The summed E-state index contributed by atoms with van der Waals surface area (Å²) in [5.41, 5.74) is 3.35. The van der Waals surface area contributed by atoms with Crippen LogP contribution in [0.4, 0.5) is 0 Å². The minimum atomic E-state index is -1.09. The first-order valence-corrected chi connectivity index (χ1v) is 7.92. The zero-order valence-electron chi connectivity index (χ0n) is 14.3. The summed E-state index contributed by atoms with van der Waals surface area (Å²) in [7, 11) is 1.52. The maximum Gasteiger partial charge on any atom is 0.341 e. The highest BCUT2D eigenvalue weighted by atomic mass is 16.5. The molecule has 3 rings (SSSR count). The molecule has 1 amide bonds. The third kappa shape index (κ3) is 4.24. The summed E-state index contributed by atoms with van der Waals surface area (Å²) in [5, 5.41) is 13.3. The minimum Gasteiger partial charge on any atom is -0.493 e. The Balaban J connectivity index is 1.72. The van der Waals surface area contributed by atoms with E-state index < -0.39 is 18.5 Å². The smallest absolute Gasteiger partial charge is 0.341 e. The molecule has 2 N–H and O–H groups in total. The maximum absolute atomic E-state index is 12.2. The van der Waals surface area contributed by atoms with Gasteiger partial charge in [-0.2, -0.15) is 5.10 Å². The van der Waals surface area contributed by atoms with Gasteiger partial charge in [-0.1, -0.05) is 24.3 Å². The first kappa shape index (κ1) is 18.0. The van der Waals surface area contributed by atoms with Gasteiger partial charge in [0.25, 0.3) is 0 Å². The first-order chi connectivity index (χ1) is 13.1. The van der Waals surface area contributed by atoms with Gasteiger partial charge in [0.1, 0.15) is 5.75 Å². The van der Waals surface area contributed by atoms with Crippen molar-refractivity contribution in [3.63, 3.8) is 0 Å². The summed E-state index contributed by atoms with van der Waals surface area (Å²) >= 11 is 0. The Kier molecular flexibility index (Phi) is 5.36. The van der Waals surface area contributed by atoms with E-state index in [2.05, 4.69) is 10.5 Å². The molecule has 0 bridgehead atoms. The molecule has 0 saturated heterocycles. The Morgan fingerprint density at radius 1 is 1.19 bits per heavy atom. The molecule has 0 atom stereocenters. The molecule has 8 heteroatoms. The third-order valence-corrected chi connectivity index (χ3v) is 3.59. The van der Waals surface area contributed by atoms with E-state index in [9.17, 15) is 9.59 Å². The van der Waals surface area contributed by atoms with E-state index >= 15 is 0 Å². The number of furan rings is 1. The number of methoxy groups -OCH3 is 1. The monoisotopic (exact) mass is 368 g/mol. The Bertz CT molecular complexity index is 1010. The lowest BCUT2D eigenvalue weighted by molar-refractivity contribution is -0.139. The van der Waals surface area contributed by atoms with Crippen LogP contribution in [0.3, 0.4) is 0 Å². The van der Waals surface area contributed by atoms with Gasteiger partial charge in [-0.15, -0.1) is 0 Å². The van der Waals surface area contributed by atoms with Crippen molar-refractivity contribution < 1.29 is 28.6 Å². The van der Waals surface area contributed by atoms with Crippen LogP contribution in [-0.4, -0.2) is 36.9 Å². The van der Waals surface area contributed by atoms with Crippen molar-refractivity contribution in [2.45, 2.75) is 0 Å². The van der Waals surface area contributed by atoms with Crippen molar-refractivity contribution >= 4 is 29.1 Å². The molecule has 0 aliphatic heterocycles. The number of carbonyl (C=O) groups is 2. The highest BCUT2D eigenvalue weighted by Crippen LogP contribution is 2.28. The second-order valence-corrected chi connectivity index (χ2v) is 5.41. The van der Waals surface area contributed by atoms with Gasteiger partial charge < -0.3 is 19.0 Å². The predicted octanol–water partition coefficient (Wildman–Crippen LogP) is 2.67. The summed E-state index contributed by atoms with van der Waals surface area (Å²) in [5.74, 6) is -0.670. The molecule has 0 radical (unpaired) electrons. The second kappa shape index (κ2) is 8.05. The van der Waals surface area contributed by atoms with E-state index in [0.717, 1.165) is 5.39 Å². The lowest BCUT2D eigenvalue weighted by Crippen LogP contribution is -2.17.